The molecule has 180 valence electrons. The molecule has 2 aromatic rings. The lowest BCUT2D eigenvalue weighted by Crippen LogP contribution is -2.41. The first-order valence-electron chi connectivity index (χ1n) is 9.66. The maximum absolute atomic E-state index is 15.2. The second kappa shape index (κ2) is 9.60. The number of carbonyl (C=O) groups is 3. The molecule has 0 fully saturated rings. The quantitative estimate of drug-likeness (QED) is 0.481. The molecule has 0 saturated heterocycles. The fourth-order valence-electron chi connectivity index (χ4n) is 3.70. The number of carbonyl (C=O) groups excluding carboxylic acids is 2. The number of halogens is 3. The number of allylic oxidation sites excluding steroid dienone is 1. The Balaban J connectivity index is 2.52. The van der Waals surface area contributed by atoms with Crippen LogP contribution >= 0.6 is 0 Å². The smallest absolute Gasteiger partial charge is 0.355 e. The van der Waals surface area contributed by atoms with Crippen LogP contribution in [0.2, 0.25) is 0 Å². The Kier molecular flexibility index (Phi) is 6.81. The van der Waals surface area contributed by atoms with Gasteiger partial charge in [0.1, 0.15) is 17.1 Å². The van der Waals surface area contributed by atoms with E-state index in [4.69, 9.17) is 15.2 Å². The molecule has 0 radical (unpaired) electrons. The molecular formula is C23H16F3N3O6. The maximum atomic E-state index is 15.2. The average Bonchev–Trinajstić information content (AvgIpc) is 2.85. The van der Waals surface area contributed by atoms with Gasteiger partial charge in [-0.3, -0.25) is 4.90 Å². The molecule has 2 aromatic carbocycles. The van der Waals surface area contributed by atoms with Gasteiger partial charge in [0, 0.05) is 6.07 Å². The van der Waals surface area contributed by atoms with Crippen molar-refractivity contribution in [2.45, 2.75) is 5.92 Å². The number of aromatic carboxylic acids is 1. The molecule has 0 aliphatic carbocycles. The first-order valence-corrected chi connectivity index (χ1v) is 9.66. The van der Waals surface area contributed by atoms with Crippen LogP contribution in [0, 0.1) is 28.8 Å². The largest absolute Gasteiger partial charge is 0.477 e. The minimum Gasteiger partial charge on any atom is -0.477 e. The van der Waals surface area contributed by atoms with Crippen molar-refractivity contribution in [1.29, 1.82) is 5.26 Å². The van der Waals surface area contributed by atoms with Gasteiger partial charge in [-0.15, -0.1) is 0 Å². The SMILES string of the molecule is COC(=O)C1=C(C(=O)OC)N(c2cc(F)c(F)c(C(=O)O)c2F)C(N)=C(C#N)C1c1ccccc1. The molecular weight excluding hydrogens is 471 g/mol. The molecule has 1 unspecified atom stereocenters. The molecule has 3 N–H and O–H groups in total. The van der Waals surface area contributed by atoms with E-state index < -0.39 is 69.6 Å². The summed E-state index contributed by atoms with van der Waals surface area (Å²) in [5.41, 5.74) is 2.00. The highest BCUT2D eigenvalue weighted by Gasteiger charge is 2.44. The van der Waals surface area contributed by atoms with Crippen LogP contribution < -0.4 is 10.6 Å². The van der Waals surface area contributed by atoms with E-state index in [1.807, 2.05) is 0 Å². The summed E-state index contributed by atoms with van der Waals surface area (Å²) in [7, 11) is 1.90. The van der Waals surface area contributed by atoms with E-state index in [1.54, 1.807) is 24.3 Å². The van der Waals surface area contributed by atoms with Crippen molar-refractivity contribution in [3.8, 4) is 6.07 Å². The van der Waals surface area contributed by atoms with E-state index in [2.05, 4.69) is 0 Å². The monoisotopic (exact) mass is 487 g/mol. The van der Waals surface area contributed by atoms with Gasteiger partial charge in [-0.05, 0) is 5.56 Å². The number of methoxy groups -OCH3 is 2. The van der Waals surface area contributed by atoms with Gasteiger partial charge < -0.3 is 20.3 Å². The van der Waals surface area contributed by atoms with Crippen LogP contribution in [-0.2, 0) is 19.1 Å². The predicted octanol–water partition coefficient (Wildman–Crippen LogP) is 2.70. The Morgan fingerprint density at radius 3 is 2.17 bits per heavy atom. The number of anilines is 1. The van der Waals surface area contributed by atoms with Gasteiger partial charge in [-0.25, -0.2) is 27.6 Å². The van der Waals surface area contributed by atoms with Gasteiger partial charge in [0.25, 0.3) is 0 Å². The Hall–Kier alpha value is -4.79. The van der Waals surface area contributed by atoms with Crippen LogP contribution in [0.25, 0.3) is 0 Å². The van der Waals surface area contributed by atoms with Crippen LogP contribution in [0.5, 0.6) is 0 Å². The molecule has 0 spiro atoms. The maximum Gasteiger partial charge on any atom is 0.355 e. The number of nitrogens with zero attached hydrogens (tertiary/aromatic N) is 2. The number of carboxylic acids is 1. The average molecular weight is 487 g/mol. The molecule has 3 rings (SSSR count). The normalized spacial score (nSPS) is 15.5. The lowest BCUT2D eigenvalue weighted by atomic mass is 9.81. The molecule has 0 saturated carbocycles. The van der Waals surface area contributed by atoms with Crippen molar-refractivity contribution in [3.63, 3.8) is 0 Å². The molecule has 0 amide bonds. The zero-order valence-corrected chi connectivity index (χ0v) is 18.1. The highest BCUT2D eigenvalue weighted by molar-refractivity contribution is 6.06. The molecule has 1 atom stereocenters. The third-order valence-corrected chi connectivity index (χ3v) is 5.20. The Labute approximate surface area is 196 Å². The van der Waals surface area contributed by atoms with Crippen molar-refractivity contribution in [3.05, 3.63) is 87.6 Å². The molecule has 35 heavy (non-hydrogen) atoms. The van der Waals surface area contributed by atoms with E-state index >= 15 is 4.39 Å². The Morgan fingerprint density at radius 1 is 1.06 bits per heavy atom. The van der Waals surface area contributed by atoms with Crippen molar-refractivity contribution in [2.24, 2.45) is 5.73 Å². The highest BCUT2D eigenvalue weighted by Crippen LogP contribution is 2.44. The lowest BCUT2D eigenvalue weighted by molar-refractivity contribution is -0.139. The fraction of sp³-hybridized carbons (Fsp3) is 0.130. The number of rotatable bonds is 5. The van der Waals surface area contributed by atoms with Crippen molar-refractivity contribution in [1.82, 2.24) is 0 Å². The third-order valence-electron chi connectivity index (χ3n) is 5.20. The number of benzene rings is 2. The molecule has 12 heteroatoms. The topological polar surface area (TPSA) is 143 Å². The summed E-state index contributed by atoms with van der Waals surface area (Å²) < 4.78 is 53.2. The molecule has 9 nitrogen and oxygen atoms in total. The highest BCUT2D eigenvalue weighted by atomic mass is 19.2. The summed E-state index contributed by atoms with van der Waals surface area (Å²) in [6, 6.07) is 9.85. The molecule has 0 bridgehead atoms. The summed E-state index contributed by atoms with van der Waals surface area (Å²) in [6.07, 6.45) is 0. The van der Waals surface area contributed by atoms with Crippen molar-refractivity contribution >= 4 is 23.6 Å². The minimum absolute atomic E-state index is 0.236. The third kappa shape index (κ3) is 4.04. The standard InChI is InChI=1S/C23H16F3N3O6/c1-34-22(32)15-14(10-6-4-3-5-7-10)11(9-27)20(28)29(19(15)23(33)35-2)13-8-12(24)17(25)16(18(13)26)21(30)31/h3-8,14H,28H2,1-2H3,(H,30,31). The van der Waals surface area contributed by atoms with Gasteiger partial charge in [-0.1, -0.05) is 30.3 Å². The number of ether oxygens (including phenoxy) is 2. The fourth-order valence-corrected chi connectivity index (χ4v) is 3.70. The number of esters is 2. The van der Waals surface area contributed by atoms with Gasteiger partial charge >= 0.3 is 17.9 Å². The first-order chi connectivity index (χ1) is 16.6. The summed E-state index contributed by atoms with van der Waals surface area (Å²) in [6.45, 7) is 0. The van der Waals surface area contributed by atoms with Crippen LogP contribution in [0.3, 0.4) is 0 Å². The first kappa shape index (κ1) is 24.8. The number of hydrogen-bond donors (Lipinski definition) is 2. The van der Waals surface area contributed by atoms with Crippen molar-refractivity contribution in [2.75, 3.05) is 19.1 Å². The summed E-state index contributed by atoms with van der Waals surface area (Å²) in [5.74, 6) is -12.2. The second-order valence-corrected chi connectivity index (χ2v) is 7.02. The molecule has 1 aliphatic rings. The zero-order chi connectivity index (χ0) is 26.0. The number of hydrogen-bond acceptors (Lipinski definition) is 8. The van der Waals surface area contributed by atoms with E-state index in [0.29, 0.717) is 10.5 Å². The summed E-state index contributed by atoms with van der Waals surface area (Å²) >= 11 is 0. The number of nitrogens with two attached hydrogens (primary N) is 1. The number of carboxylic acid groups (broad SMARTS) is 1. The van der Waals surface area contributed by atoms with Crippen LogP contribution in [0.15, 0.2) is 59.1 Å². The van der Waals surface area contributed by atoms with Crippen LogP contribution in [0.4, 0.5) is 18.9 Å². The van der Waals surface area contributed by atoms with Crippen LogP contribution in [-0.4, -0.2) is 37.2 Å². The lowest BCUT2D eigenvalue weighted by Gasteiger charge is -2.36. The Morgan fingerprint density at radius 2 is 1.66 bits per heavy atom. The molecule has 1 heterocycles. The zero-order valence-electron chi connectivity index (χ0n) is 18.1. The van der Waals surface area contributed by atoms with Gasteiger partial charge in [0.2, 0.25) is 0 Å². The van der Waals surface area contributed by atoms with Crippen molar-refractivity contribution < 1.29 is 42.1 Å². The van der Waals surface area contributed by atoms with E-state index in [0.717, 1.165) is 14.2 Å². The summed E-state index contributed by atoms with van der Waals surface area (Å²) in [4.78, 5) is 37.6. The molecule has 1 aliphatic heterocycles. The number of nitriles is 1. The van der Waals surface area contributed by atoms with Gasteiger partial charge in [0.05, 0.1) is 43.0 Å². The predicted molar refractivity (Wildman–Crippen MR) is 113 cm³/mol. The van der Waals surface area contributed by atoms with Crippen LogP contribution in [0.1, 0.15) is 21.8 Å². The minimum atomic E-state index is -2.15. The van der Waals surface area contributed by atoms with E-state index in [-0.39, 0.29) is 11.6 Å². The van der Waals surface area contributed by atoms with E-state index in [1.165, 1.54) is 12.1 Å². The van der Waals surface area contributed by atoms with E-state index in [9.17, 15) is 33.5 Å². The summed E-state index contributed by atoms with van der Waals surface area (Å²) in [5, 5.41) is 19.1. The Bertz CT molecular complexity index is 1350. The second-order valence-electron chi connectivity index (χ2n) is 7.02. The van der Waals surface area contributed by atoms with Gasteiger partial charge in [0.15, 0.2) is 17.5 Å². The molecule has 0 aromatic heterocycles. The van der Waals surface area contributed by atoms with Gasteiger partial charge in [-0.2, -0.15) is 5.26 Å².